The summed E-state index contributed by atoms with van der Waals surface area (Å²) >= 11 is 0. The van der Waals surface area contributed by atoms with E-state index in [4.69, 9.17) is 6.42 Å². The molecule has 0 bridgehead atoms. The van der Waals surface area contributed by atoms with Crippen LogP contribution in [0.4, 0.5) is 0 Å². The normalized spacial score (nSPS) is 22.5. The molecule has 1 fully saturated rings. The van der Waals surface area contributed by atoms with Gasteiger partial charge < -0.3 is 4.90 Å². The molecule has 0 aromatic carbocycles. The predicted octanol–water partition coefficient (Wildman–Crippen LogP) is 2.52. The van der Waals surface area contributed by atoms with Crippen LogP contribution in [0.15, 0.2) is 0 Å². The quantitative estimate of drug-likeness (QED) is 0.475. The van der Waals surface area contributed by atoms with Crippen LogP contribution in [0.3, 0.4) is 0 Å². The lowest BCUT2D eigenvalue weighted by atomic mass is 9.83. The van der Waals surface area contributed by atoms with E-state index in [1.807, 2.05) is 0 Å². The molecule has 1 heteroatoms. The van der Waals surface area contributed by atoms with Crippen LogP contribution in [0.5, 0.6) is 0 Å². The van der Waals surface area contributed by atoms with Crippen molar-refractivity contribution in [1.82, 2.24) is 4.90 Å². The van der Waals surface area contributed by atoms with Gasteiger partial charge in [0.1, 0.15) is 0 Å². The maximum atomic E-state index is 5.22. The fourth-order valence-corrected chi connectivity index (χ4v) is 1.79. The molecule has 1 aliphatic heterocycles. The average Bonchev–Trinajstić information content (AvgIpc) is 2.08. The zero-order valence-corrected chi connectivity index (χ0v) is 8.97. The van der Waals surface area contributed by atoms with Gasteiger partial charge in [-0.1, -0.05) is 13.8 Å². The van der Waals surface area contributed by atoms with Crippen molar-refractivity contribution in [2.45, 2.75) is 39.5 Å². The topological polar surface area (TPSA) is 3.24 Å². The fraction of sp³-hybridized carbons (Fsp3) is 0.833. The molecule has 0 radical (unpaired) electrons. The lowest BCUT2D eigenvalue weighted by Crippen LogP contribution is -2.37. The molecule has 0 saturated carbocycles. The summed E-state index contributed by atoms with van der Waals surface area (Å²) in [6.45, 7) is 8.45. The molecule has 0 atom stereocenters. The summed E-state index contributed by atoms with van der Waals surface area (Å²) in [5, 5.41) is 0. The summed E-state index contributed by atoms with van der Waals surface area (Å²) in [4.78, 5) is 2.54. The number of piperidine rings is 1. The van der Waals surface area contributed by atoms with E-state index in [1.54, 1.807) is 0 Å². The highest BCUT2D eigenvalue weighted by molar-refractivity contribution is 4.84. The lowest BCUT2D eigenvalue weighted by Gasteiger charge is -2.36. The second-order valence-corrected chi connectivity index (χ2v) is 4.81. The molecular formula is C12H21N. The third-order valence-corrected chi connectivity index (χ3v) is 3.01. The van der Waals surface area contributed by atoms with Crippen molar-refractivity contribution in [3.05, 3.63) is 0 Å². The summed E-state index contributed by atoms with van der Waals surface area (Å²) in [7, 11) is 0. The molecule has 0 unspecified atom stereocenters. The second kappa shape index (κ2) is 4.67. The number of unbranched alkanes of at least 4 members (excludes halogenated alkanes) is 1. The number of likely N-dealkylation sites (tertiary alicyclic amines) is 1. The van der Waals surface area contributed by atoms with Crippen LogP contribution in [0.2, 0.25) is 0 Å². The van der Waals surface area contributed by atoms with Crippen molar-refractivity contribution in [3.8, 4) is 12.3 Å². The highest BCUT2D eigenvalue weighted by Crippen LogP contribution is 2.29. The van der Waals surface area contributed by atoms with Crippen molar-refractivity contribution < 1.29 is 0 Å². The Morgan fingerprint density at radius 1 is 1.31 bits per heavy atom. The Labute approximate surface area is 82.5 Å². The van der Waals surface area contributed by atoms with E-state index >= 15 is 0 Å². The molecule has 74 valence electrons. The maximum Gasteiger partial charge on any atom is 0.00982 e. The molecule has 1 heterocycles. The highest BCUT2D eigenvalue weighted by Gasteiger charge is 2.24. The third-order valence-electron chi connectivity index (χ3n) is 3.01. The van der Waals surface area contributed by atoms with E-state index in [-0.39, 0.29) is 0 Å². The number of nitrogens with zero attached hydrogens (tertiary/aromatic N) is 1. The Bertz CT molecular complexity index is 178. The molecule has 0 N–H and O–H groups in total. The fourth-order valence-electron chi connectivity index (χ4n) is 1.79. The van der Waals surface area contributed by atoms with Gasteiger partial charge in [0.15, 0.2) is 0 Å². The van der Waals surface area contributed by atoms with Crippen molar-refractivity contribution >= 4 is 0 Å². The SMILES string of the molecule is C#CCCCN1CCC(C)(C)CC1. The number of hydrogen-bond acceptors (Lipinski definition) is 1. The number of hydrogen-bond donors (Lipinski definition) is 0. The van der Waals surface area contributed by atoms with Gasteiger partial charge in [-0.05, 0) is 44.3 Å². The zero-order chi connectivity index (χ0) is 9.73. The highest BCUT2D eigenvalue weighted by atomic mass is 15.1. The van der Waals surface area contributed by atoms with Gasteiger partial charge in [-0.25, -0.2) is 0 Å². The number of terminal acetylenes is 1. The van der Waals surface area contributed by atoms with Gasteiger partial charge in [0.05, 0.1) is 0 Å². The molecule has 1 aliphatic rings. The van der Waals surface area contributed by atoms with Crippen LogP contribution >= 0.6 is 0 Å². The van der Waals surface area contributed by atoms with Crippen molar-refractivity contribution in [2.75, 3.05) is 19.6 Å². The molecule has 0 amide bonds. The molecule has 0 spiro atoms. The lowest BCUT2D eigenvalue weighted by molar-refractivity contribution is 0.132. The van der Waals surface area contributed by atoms with Crippen molar-refractivity contribution in [1.29, 1.82) is 0 Å². The minimum atomic E-state index is 0.572. The van der Waals surface area contributed by atoms with Gasteiger partial charge in [-0.15, -0.1) is 12.3 Å². The predicted molar refractivity (Wildman–Crippen MR) is 57.5 cm³/mol. The van der Waals surface area contributed by atoms with E-state index in [0.717, 1.165) is 12.8 Å². The van der Waals surface area contributed by atoms with Gasteiger partial charge in [0.2, 0.25) is 0 Å². The first-order chi connectivity index (χ1) is 6.14. The maximum absolute atomic E-state index is 5.22. The molecular weight excluding hydrogens is 158 g/mol. The Kier molecular flexibility index (Phi) is 3.81. The second-order valence-electron chi connectivity index (χ2n) is 4.81. The Morgan fingerprint density at radius 2 is 1.92 bits per heavy atom. The standard InChI is InChI=1S/C12H21N/c1-4-5-6-9-13-10-7-12(2,3)8-11-13/h1H,5-11H2,2-3H3. The van der Waals surface area contributed by atoms with Gasteiger partial charge in [-0.2, -0.15) is 0 Å². The van der Waals surface area contributed by atoms with Gasteiger partial charge in [-0.3, -0.25) is 0 Å². The first kappa shape index (κ1) is 10.6. The van der Waals surface area contributed by atoms with E-state index in [1.165, 1.54) is 32.5 Å². The third kappa shape index (κ3) is 3.83. The van der Waals surface area contributed by atoms with E-state index in [0.29, 0.717) is 5.41 Å². The smallest absolute Gasteiger partial charge is 0.00982 e. The summed E-state index contributed by atoms with van der Waals surface area (Å²) in [5.74, 6) is 2.70. The molecule has 1 saturated heterocycles. The minimum Gasteiger partial charge on any atom is -0.303 e. The summed E-state index contributed by atoms with van der Waals surface area (Å²) in [5.41, 5.74) is 0.572. The van der Waals surface area contributed by atoms with Gasteiger partial charge >= 0.3 is 0 Å². The van der Waals surface area contributed by atoms with E-state index in [9.17, 15) is 0 Å². The van der Waals surface area contributed by atoms with Crippen LogP contribution in [-0.4, -0.2) is 24.5 Å². The van der Waals surface area contributed by atoms with Crippen LogP contribution in [0.1, 0.15) is 39.5 Å². The largest absolute Gasteiger partial charge is 0.303 e. The monoisotopic (exact) mass is 179 g/mol. The van der Waals surface area contributed by atoms with E-state index in [2.05, 4.69) is 24.7 Å². The average molecular weight is 179 g/mol. The molecule has 0 aromatic heterocycles. The minimum absolute atomic E-state index is 0.572. The summed E-state index contributed by atoms with van der Waals surface area (Å²) < 4.78 is 0. The van der Waals surface area contributed by atoms with Crippen LogP contribution in [-0.2, 0) is 0 Å². The molecule has 0 aliphatic carbocycles. The van der Waals surface area contributed by atoms with Gasteiger partial charge in [0.25, 0.3) is 0 Å². The Balaban J connectivity index is 2.15. The Morgan fingerprint density at radius 3 is 2.46 bits per heavy atom. The Hall–Kier alpha value is -0.480. The van der Waals surface area contributed by atoms with Gasteiger partial charge in [0, 0.05) is 6.42 Å². The first-order valence-corrected chi connectivity index (χ1v) is 5.30. The van der Waals surface area contributed by atoms with Crippen molar-refractivity contribution in [3.63, 3.8) is 0 Å². The molecule has 0 aromatic rings. The molecule has 13 heavy (non-hydrogen) atoms. The van der Waals surface area contributed by atoms with Crippen molar-refractivity contribution in [2.24, 2.45) is 5.41 Å². The van der Waals surface area contributed by atoms with E-state index < -0.39 is 0 Å². The van der Waals surface area contributed by atoms with Crippen LogP contribution in [0.25, 0.3) is 0 Å². The zero-order valence-electron chi connectivity index (χ0n) is 8.97. The number of rotatable bonds is 3. The molecule has 1 rings (SSSR count). The first-order valence-electron chi connectivity index (χ1n) is 5.30. The summed E-state index contributed by atoms with van der Waals surface area (Å²) in [6.07, 6.45) is 9.99. The van der Waals surface area contributed by atoms with Crippen LogP contribution in [0, 0.1) is 17.8 Å². The molecule has 1 nitrogen and oxygen atoms in total. The van der Waals surface area contributed by atoms with Crippen LogP contribution < -0.4 is 0 Å². The summed E-state index contributed by atoms with van der Waals surface area (Å²) in [6, 6.07) is 0.